The van der Waals surface area contributed by atoms with Crippen LogP contribution in [-0.4, -0.2) is 81.2 Å². The monoisotopic (exact) mass is 589 g/mol. The maximum atomic E-state index is 14.3. The van der Waals surface area contributed by atoms with Crippen molar-refractivity contribution in [3.8, 4) is 10.4 Å². The van der Waals surface area contributed by atoms with E-state index in [1.165, 1.54) is 6.92 Å². The molecule has 1 saturated carbocycles. The van der Waals surface area contributed by atoms with E-state index in [0.717, 1.165) is 36.4 Å². The summed E-state index contributed by atoms with van der Waals surface area (Å²) in [6, 6.07) is -0.858. The van der Waals surface area contributed by atoms with Crippen LogP contribution in [-0.2, 0) is 10.9 Å². The molecule has 0 unspecified atom stereocenters. The van der Waals surface area contributed by atoms with E-state index in [9.17, 15) is 36.6 Å². The van der Waals surface area contributed by atoms with Crippen LogP contribution in [0, 0.1) is 0 Å². The summed E-state index contributed by atoms with van der Waals surface area (Å²) in [5, 5.41) is 15.1. The summed E-state index contributed by atoms with van der Waals surface area (Å²) >= 11 is 0.517. The molecule has 15 heteroatoms. The number of alkyl halides is 5. The van der Waals surface area contributed by atoms with Crippen molar-refractivity contribution in [3.63, 3.8) is 0 Å². The van der Waals surface area contributed by atoms with E-state index in [1.54, 1.807) is 0 Å². The number of carbonyl (C=O) groups is 2. The smallest absolute Gasteiger partial charge is 0.388 e. The van der Waals surface area contributed by atoms with E-state index >= 15 is 0 Å². The Bertz CT molecular complexity index is 1310. The highest BCUT2D eigenvalue weighted by Crippen LogP contribution is 2.43. The first-order chi connectivity index (χ1) is 18.7. The van der Waals surface area contributed by atoms with Gasteiger partial charge >= 0.3 is 6.18 Å². The molecule has 9 nitrogen and oxygen atoms in total. The number of anilines is 1. The van der Waals surface area contributed by atoms with Crippen LogP contribution in [0.5, 0.6) is 0 Å². The number of aliphatic hydroxyl groups is 1. The van der Waals surface area contributed by atoms with Gasteiger partial charge in [0.15, 0.2) is 5.01 Å². The third-order valence-corrected chi connectivity index (χ3v) is 8.61. The molecule has 0 radical (unpaired) electrons. The topological polar surface area (TPSA) is 117 Å². The lowest BCUT2D eigenvalue weighted by Crippen LogP contribution is -2.42. The molecule has 3 fully saturated rings. The van der Waals surface area contributed by atoms with Gasteiger partial charge in [0.2, 0.25) is 0 Å². The van der Waals surface area contributed by atoms with Crippen molar-refractivity contribution in [1.82, 2.24) is 20.2 Å². The van der Waals surface area contributed by atoms with E-state index in [2.05, 4.69) is 20.6 Å². The van der Waals surface area contributed by atoms with Gasteiger partial charge in [0.05, 0.1) is 42.3 Å². The maximum Gasteiger partial charge on any atom is 0.417 e. The van der Waals surface area contributed by atoms with E-state index in [4.69, 9.17) is 4.74 Å². The number of halogens is 5. The maximum absolute atomic E-state index is 14.3. The van der Waals surface area contributed by atoms with Crippen LogP contribution >= 0.6 is 11.3 Å². The largest absolute Gasteiger partial charge is 0.417 e. The number of aliphatic hydroxyl groups excluding tert-OH is 1. The van der Waals surface area contributed by atoms with Crippen molar-refractivity contribution < 1.29 is 41.4 Å². The lowest BCUT2D eigenvalue weighted by atomic mass is 9.78. The van der Waals surface area contributed by atoms with Crippen LogP contribution in [0.3, 0.4) is 0 Å². The summed E-state index contributed by atoms with van der Waals surface area (Å²) in [7, 11) is 0. The predicted molar refractivity (Wildman–Crippen MR) is 134 cm³/mol. The van der Waals surface area contributed by atoms with Crippen LogP contribution in [0.2, 0.25) is 0 Å². The van der Waals surface area contributed by atoms with Crippen molar-refractivity contribution in [2.45, 2.75) is 75.4 Å². The Balaban J connectivity index is 1.57. The molecule has 2 aromatic heterocycles. The van der Waals surface area contributed by atoms with Gasteiger partial charge in [-0.1, -0.05) is 0 Å². The Morgan fingerprint density at radius 3 is 2.52 bits per heavy atom. The first-order valence-corrected chi connectivity index (χ1v) is 13.6. The van der Waals surface area contributed by atoms with Crippen molar-refractivity contribution in [2.24, 2.45) is 0 Å². The molecule has 2 saturated heterocycles. The zero-order valence-electron chi connectivity index (χ0n) is 21.6. The quantitative estimate of drug-likeness (QED) is 0.437. The second-order valence-electron chi connectivity index (χ2n) is 10.9. The van der Waals surface area contributed by atoms with Crippen molar-refractivity contribution >= 4 is 29.0 Å². The van der Waals surface area contributed by atoms with E-state index < -0.39 is 71.9 Å². The van der Waals surface area contributed by atoms with Gasteiger partial charge in [-0.05, 0) is 39.2 Å². The number of nitrogens with zero attached hydrogens (tertiary/aromatic N) is 3. The first-order valence-electron chi connectivity index (χ1n) is 12.8. The minimum atomic E-state index is -4.87. The normalized spacial score (nSPS) is 25.5. The number of rotatable bonds is 6. The fraction of sp³-hybridized carbons (Fsp3) is 0.600. The number of hydrogen-bond acceptors (Lipinski definition) is 8. The molecular formula is C25H28F5N5O4S. The molecule has 0 aromatic carbocycles. The molecule has 218 valence electrons. The molecule has 5 rings (SSSR count). The highest BCUT2D eigenvalue weighted by Gasteiger charge is 2.47. The second-order valence-corrected chi connectivity index (χ2v) is 11.9. The average Bonchev–Trinajstić information content (AvgIpc) is 3.53. The second kappa shape index (κ2) is 10.2. The number of pyridine rings is 1. The number of ether oxygens (including phenoxy) is 1. The third-order valence-electron chi connectivity index (χ3n) is 7.52. The molecule has 3 atom stereocenters. The highest BCUT2D eigenvalue weighted by atomic mass is 32.1. The lowest BCUT2D eigenvalue weighted by Gasteiger charge is -2.39. The summed E-state index contributed by atoms with van der Waals surface area (Å²) in [5.41, 5.74) is -2.56. The highest BCUT2D eigenvalue weighted by molar-refractivity contribution is 7.17. The van der Waals surface area contributed by atoms with Gasteiger partial charge < -0.3 is 25.4 Å². The zero-order chi connectivity index (χ0) is 29.0. The first kappa shape index (κ1) is 28.6. The Morgan fingerprint density at radius 2 is 1.98 bits per heavy atom. The van der Waals surface area contributed by atoms with Crippen LogP contribution in [0.25, 0.3) is 10.4 Å². The lowest BCUT2D eigenvalue weighted by molar-refractivity contribution is -0.137. The molecule has 2 aliphatic heterocycles. The van der Waals surface area contributed by atoms with Crippen LogP contribution in [0.4, 0.5) is 27.8 Å². The Morgan fingerprint density at radius 1 is 1.25 bits per heavy atom. The summed E-state index contributed by atoms with van der Waals surface area (Å²) in [6.07, 6.45) is -3.07. The number of hydrogen-bond donors (Lipinski definition) is 3. The minimum Gasteiger partial charge on any atom is -0.388 e. The molecule has 3 N–H and O–H groups in total. The zero-order valence-corrected chi connectivity index (χ0v) is 22.5. The molecule has 0 spiro atoms. The fourth-order valence-electron chi connectivity index (χ4n) is 5.16. The molecular weight excluding hydrogens is 561 g/mol. The Labute approximate surface area is 230 Å². The van der Waals surface area contributed by atoms with Gasteiger partial charge in [0.1, 0.15) is 11.5 Å². The summed E-state index contributed by atoms with van der Waals surface area (Å²) in [6.45, 7) is 2.35. The molecule has 0 bridgehead atoms. The summed E-state index contributed by atoms with van der Waals surface area (Å²) in [4.78, 5) is 35.2. The Hall–Kier alpha value is -2.91. The molecule has 1 aliphatic carbocycles. The molecule has 4 heterocycles. The molecule has 40 heavy (non-hydrogen) atoms. The van der Waals surface area contributed by atoms with Crippen LogP contribution < -0.4 is 10.6 Å². The number of amides is 2. The number of thiazole rings is 1. The van der Waals surface area contributed by atoms with Crippen molar-refractivity contribution in [2.75, 3.05) is 25.1 Å². The SMILES string of the molecule is C[C@H]1CC(F)(F)CN1C(=O)c1nc(C(=O)N[C@H]2COC[C@H]2O)sc1-c1cnc(NC2(C)CCC2)cc1C(F)(F)F. The van der Waals surface area contributed by atoms with Gasteiger partial charge in [0.25, 0.3) is 17.7 Å². The van der Waals surface area contributed by atoms with Crippen molar-refractivity contribution in [1.29, 1.82) is 0 Å². The number of likely N-dealkylation sites (tertiary alicyclic amines) is 1. The van der Waals surface area contributed by atoms with E-state index in [0.29, 0.717) is 11.3 Å². The summed E-state index contributed by atoms with van der Waals surface area (Å²) in [5.74, 6) is -5.04. The average molecular weight is 590 g/mol. The number of carbonyl (C=O) groups excluding carboxylic acids is 2. The number of aromatic nitrogens is 2. The minimum absolute atomic E-state index is 0.00309. The van der Waals surface area contributed by atoms with E-state index in [1.807, 2.05) is 6.92 Å². The van der Waals surface area contributed by atoms with Crippen molar-refractivity contribution in [3.05, 3.63) is 28.5 Å². The van der Waals surface area contributed by atoms with Gasteiger partial charge in [-0.25, -0.2) is 18.7 Å². The van der Waals surface area contributed by atoms with Crippen LogP contribution in [0.1, 0.15) is 65.4 Å². The van der Waals surface area contributed by atoms with Gasteiger partial charge in [-0.3, -0.25) is 9.59 Å². The van der Waals surface area contributed by atoms with Gasteiger partial charge in [-0.2, -0.15) is 13.2 Å². The van der Waals surface area contributed by atoms with E-state index in [-0.39, 0.29) is 34.5 Å². The molecule has 2 amide bonds. The van der Waals surface area contributed by atoms with Gasteiger partial charge in [-0.15, -0.1) is 11.3 Å². The summed E-state index contributed by atoms with van der Waals surface area (Å²) < 4.78 is 76.3. The standard InChI is InChI=1S/C25H28F5N5O4S/c1-12-7-24(26,27)11-35(12)22(38)18-19(40-21(33-18)20(37)32-15-9-39-10-16(15)36)13-8-31-17(6-14(13)25(28,29)30)34-23(2)4-3-5-23/h6,8,12,15-16,36H,3-5,7,9-11H2,1-2H3,(H,31,34)(H,32,37)/t12-,15-,16+/m0/s1. The third kappa shape index (κ3) is 5.63. The number of nitrogens with one attached hydrogen (secondary N) is 2. The molecule has 3 aliphatic rings. The fourth-order valence-corrected chi connectivity index (χ4v) is 6.14. The van der Waals surface area contributed by atoms with Crippen LogP contribution in [0.15, 0.2) is 12.3 Å². The van der Waals surface area contributed by atoms with Gasteiger partial charge in [0, 0.05) is 29.8 Å². The predicted octanol–water partition coefficient (Wildman–Crippen LogP) is 3.94. The Kier molecular flexibility index (Phi) is 7.28. The molecule has 2 aromatic rings.